The van der Waals surface area contributed by atoms with Crippen molar-refractivity contribution < 1.29 is 24.3 Å². The summed E-state index contributed by atoms with van der Waals surface area (Å²) in [5, 5.41) is 16.0. The highest BCUT2D eigenvalue weighted by Gasteiger charge is 2.39. The first-order chi connectivity index (χ1) is 18.6. The van der Waals surface area contributed by atoms with Gasteiger partial charge in [-0.15, -0.1) is 0 Å². The van der Waals surface area contributed by atoms with E-state index in [4.69, 9.17) is 17.2 Å². The number of carboxylic acids is 1. The predicted molar refractivity (Wildman–Crippen MR) is 150 cm³/mol. The standard InChI is InChI=1S/C25H36N8O5S/c26-16(13-39)21(34)31-18(7-3-9-29-25(27)28)23(36)33-10-4-8-20(33)22(35)32-19(24(37)38)11-14-12-30-17-6-2-1-5-15(14)17/h1-2,5-6,12,16,18-20,30,39H,3-4,7-11,13,26H2,(H,31,34)(H,32,35)(H,37,38)(H4,27,28,29). The highest BCUT2D eigenvalue weighted by Crippen LogP contribution is 2.22. The van der Waals surface area contributed by atoms with Crippen molar-refractivity contribution in [1.82, 2.24) is 20.5 Å². The highest BCUT2D eigenvalue weighted by atomic mass is 32.1. The van der Waals surface area contributed by atoms with Crippen molar-refractivity contribution in [2.24, 2.45) is 22.2 Å². The molecule has 3 amide bonds. The number of H-pyrrole nitrogens is 1. The molecular weight excluding hydrogens is 524 g/mol. The topological polar surface area (TPSA) is 222 Å². The molecular formula is C25H36N8O5S. The summed E-state index contributed by atoms with van der Waals surface area (Å²) in [5.41, 5.74) is 18.1. The van der Waals surface area contributed by atoms with Gasteiger partial charge in [-0.1, -0.05) is 18.2 Å². The molecule has 10 N–H and O–H groups in total. The monoisotopic (exact) mass is 560 g/mol. The number of thiol groups is 1. The van der Waals surface area contributed by atoms with Crippen LogP contribution in [0.25, 0.3) is 10.9 Å². The van der Waals surface area contributed by atoms with E-state index in [0.29, 0.717) is 19.3 Å². The lowest BCUT2D eigenvalue weighted by Gasteiger charge is -2.30. The van der Waals surface area contributed by atoms with Crippen molar-refractivity contribution >= 4 is 53.2 Å². The van der Waals surface area contributed by atoms with Gasteiger partial charge in [-0.25, -0.2) is 4.79 Å². The van der Waals surface area contributed by atoms with E-state index in [0.717, 1.165) is 16.5 Å². The van der Waals surface area contributed by atoms with Gasteiger partial charge in [-0.05, 0) is 37.3 Å². The van der Waals surface area contributed by atoms with E-state index in [1.807, 2.05) is 24.3 Å². The van der Waals surface area contributed by atoms with Crippen LogP contribution in [-0.2, 0) is 25.6 Å². The van der Waals surface area contributed by atoms with E-state index in [1.165, 1.54) is 4.90 Å². The molecule has 1 aromatic carbocycles. The predicted octanol–water partition coefficient (Wildman–Crippen LogP) is -0.934. The van der Waals surface area contributed by atoms with Crippen LogP contribution in [0.4, 0.5) is 0 Å². The number of aliphatic carboxylic acids is 1. The first-order valence-electron chi connectivity index (χ1n) is 12.7. The first kappa shape index (κ1) is 29.8. The quantitative estimate of drug-likeness (QED) is 0.0659. The number of rotatable bonds is 13. The Hall–Kier alpha value is -3.78. The van der Waals surface area contributed by atoms with E-state index in [-0.39, 0.29) is 37.6 Å². The summed E-state index contributed by atoms with van der Waals surface area (Å²) in [6.45, 7) is 0.536. The minimum Gasteiger partial charge on any atom is -0.480 e. The van der Waals surface area contributed by atoms with Gasteiger partial charge in [0.05, 0.1) is 6.04 Å². The third-order valence-corrected chi connectivity index (χ3v) is 7.04. The van der Waals surface area contributed by atoms with Crippen LogP contribution >= 0.6 is 12.6 Å². The Kier molecular flexibility index (Phi) is 10.6. The number of carbonyl (C=O) groups excluding carboxylic acids is 3. The Morgan fingerprint density at radius 3 is 2.62 bits per heavy atom. The molecule has 1 aromatic heterocycles. The van der Waals surface area contributed by atoms with Crippen LogP contribution in [0.15, 0.2) is 35.5 Å². The molecule has 39 heavy (non-hydrogen) atoms. The molecule has 4 atom stereocenters. The third-order valence-electron chi connectivity index (χ3n) is 6.65. The number of aromatic amines is 1. The van der Waals surface area contributed by atoms with Crippen molar-refractivity contribution in [3.05, 3.63) is 36.0 Å². The Morgan fingerprint density at radius 1 is 1.18 bits per heavy atom. The van der Waals surface area contributed by atoms with Crippen LogP contribution in [0.2, 0.25) is 0 Å². The van der Waals surface area contributed by atoms with Crippen LogP contribution in [0.1, 0.15) is 31.2 Å². The lowest BCUT2D eigenvalue weighted by molar-refractivity contribution is -0.145. The van der Waals surface area contributed by atoms with Gasteiger partial charge in [0.25, 0.3) is 0 Å². The Morgan fingerprint density at radius 2 is 1.92 bits per heavy atom. The SMILES string of the molecule is NC(N)=NCCCC(NC(=O)C(N)CS)C(=O)N1CCCC1C(=O)NC(Cc1c[nH]c2ccccc12)C(=O)O. The molecule has 0 aliphatic carbocycles. The van der Waals surface area contributed by atoms with Gasteiger partial charge < -0.3 is 42.8 Å². The molecule has 14 heteroatoms. The molecule has 4 unspecified atom stereocenters. The second-order valence-corrected chi connectivity index (χ2v) is 9.82. The van der Waals surface area contributed by atoms with E-state index in [9.17, 15) is 24.3 Å². The maximum atomic E-state index is 13.5. The smallest absolute Gasteiger partial charge is 0.326 e. The average Bonchev–Trinajstić information content (AvgIpc) is 3.56. The number of hydrogen-bond acceptors (Lipinski definition) is 7. The largest absolute Gasteiger partial charge is 0.480 e. The summed E-state index contributed by atoms with van der Waals surface area (Å²) >= 11 is 4.04. The molecule has 3 rings (SSSR count). The fourth-order valence-corrected chi connectivity index (χ4v) is 4.78. The summed E-state index contributed by atoms with van der Waals surface area (Å²) in [5.74, 6) is -2.75. The Balaban J connectivity index is 1.72. The summed E-state index contributed by atoms with van der Waals surface area (Å²) in [4.78, 5) is 59.7. The summed E-state index contributed by atoms with van der Waals surface area (Å²) < 4.78 is 0. The summed E-state index contributed by atoms with van der Waals surface area (Å²) in [7, 11) is 0. The molecule has 1 aliphatic heterocycles. The van der Waals surface area contributed by atoms with Crippen LogP contribution < -0.4 is 27.8 Å². The van der Waals surface area contributed by atoms with E-state index in [2.05, 4.69) is 33.2 Å². The van der Waals surface area contributed by atoms with E-state index >= 15 is 0 Å². The average molecular weight is 561 g/mol. The first-order valence-corrected chi connectivity index (χ1v) is 13.4. The number of guanidine groups is 1. The van der Waals surface area contributed by atoms with Gasteiger partial charge in [0.2, 0.25) is 17.7 Å². The van der Waals surface area contributed by atoms with Gasteiger partial charge >= 0.3 is 5.97 Å². The van der Waals surface area contributed by atoms with Crippen LogP contribution in [-0.4, -0.2) is 87.7 Å². The third kappa shape index (κ3) is 7.86. The van der Waals surface area contributed by atoms with Crippen LogP contribution in [0, 0.1) is 0 Å². The zero-order valence-electron chi connectivity index (χ0n) is 21.5. The molecule has 1 fully saturated rings. The van der Waals surface area contributed by atoms with Crippen LogP contribution in [0.5, 0.6) is 0 Å². The molecule has 0 spiro atoms. The number of aliphatic imine (C=N–C) groups is 1. The van der Waals surface area contributed by atoms with E-state index < -0.39 is 47.9 Å². The van der Waals surface area contributed by atoms with Gasteiger partial charge in [0.1, 0.15) is 18.1 Å². The van der Waals surface area contributed by atoms with Crippen molar-refractivity contribution in [2.75, 3.05) is 18.8 Å². The van der Waals surface area contributed by atoms with Crippen molar-refractivity contribution in [3.8, 4) is 0 Å². The molecule has 13 nitrogen and oxygen atoms in total. The van der Waals surface area contributed by atoms with Crippen molar-refractivity contribution in [3.63, 3.8) is 0 Å². The number of hydrogen-bond donors (Lipinski definition) is 8. The minimum atomic E-state index is -1.20. The number of fused-ring (bicyclic) bond motifs is 1. The molecule has 0 saturated carbocycles. The molecule has 212 valence electrons. The number of aromatic nitrogens is 1. The number of nitrogens with two attached hydrogens (primary N) is 3. The summed E-state index contributed by atoms with van der Waals surface area (Å²) in [6, 6.07) is 3.52. The molecule has 0 bridgehead atoms. The fraction of sp³-hybridized carbons (Fsp3) is 0.480. The molecule has 0 radical (unpaired) electrons. The lowest BCUT2D eigenvalue weighted by Crippen LogP contribution is -2.57. The van der Waals surface area contributed by atoms with Crippen molar-refractivity contribution in [2.45, 2.75) is 56.3 Å². The Bertz CT molecular complexity index is 1210. The number of nitrogens with one attached hydrogen (secondary N) is 3. The number of benzene rings is 1. The van der Waals surface area contributed by atoms with Gasteiger partial charge in [0.15, 0.2) is 5.96 Å². The minimum absolute atomic E-state index is 0.0663. The van der Waals surface area contributed by atoms with E-state index in [1.54, 1.807) is 6.20 Å². The maximum absolute atomic E-state index is 13.5. The molecule has 2 heterocycles. The normalized spacial score (nSPS) is 17.3. The highest BCUT2D eigenvalue weighted by molar-refractivity contribution is 7.80. The number of carbonyl (C=O) groups is 4. The van der Waals surface area contributed by atoms with Gasteiger partial charge in [-0.3, -0.25) is 19.4 Å². The lowest BCUT2D eigenvalue weighted by atomic mass is 10.0. The van der Waals surface area contributed by atoms with Gasteiger partial charge in [0, 0.05) is 42.4 Å². The molecule has 1 saturated heterocycles. The Labute approximate surface area is 231 Å². The number of para-hydroxylation sites is 1. The van der Waals surface area contributed by atoms with Crippen LogP contribution in [0.3, 0.4) is 0 Å². The number of carboxylic acid groups (broad SMARTS) is 1. The molecule has 1 aliphatic rings. The molecule has 2 aromatic rings. The number of amides is 3. The summed E-state index contributed by atoms with van der Waals surface area (Å²) in [6.07, 6.45) is 3.31. The number of nitrogens with zero attached hydrogens (tertiary/aromatic N) is 2. The van der Waals surface area contributed by atoms with Crippen molar-refractivity contribution in [1.29, 1.82) is 0 Å². The zero-order chi connectivity index (χ0) is 28.5. The number of likely N-dealkylation sites (tertiary alicyclic amines) is 1. The zero-order valence-corrected chi connectivity index (χ0v) is 22.4. The second kappa shape index (κ2) is 13.8. The second-order valence-electron chi connectivity index (χ2n) is 9.45. The fourth-order valence-electron chi connectivity index (χ4n) is 4.61. The maximum Gasteiger partial charge on any atom is 0.326 e. The van der Waals surface area contributed by atoms with Gasteiger partial charge in [-0.2, -0.15) is 12.6 Å².